The SMILES string of the molecule is Cc1cc(CN2CC[C@@H]3[C@@H](C)C(=O)C(C#N)=C[C@@]3(c3ccccc3)C2=O)ccn1. The largest absolute Gasteiger partial charge is 0.337 e. The van der Waals surface area contributed by atoms with Crippen molar-refractivity contribution in [3.05, 3.63) is 77.1 Å². The van der Waals surface area contributed by atoms with Crippen molar-refractivity contribution in [1.82, 2.24) is 9.88 Å². The van der Waals surface area contributed by atoms with Gasteiger partial charge in [0.05, 0.1) is 11.0 Å². The van der Waals surface area contributed by atoms with Crippen molar-refractivity contribution < 1.29 is 9.59 Å². The van der Waals surface area contributed by atoms with Crippen molar-refractivity contribution in [2.24, 2.45) is 11.8 Å². The second-order valence-corrected chi connectivity index (χ2v) is 7.99. The van der Waals surface area contributed by atoms with Crippen LogP contribution in [0, 0.1) is 30.1 Å². The summed E-state index contributed by atoms with van der Waals surface area (Å²) in [6, 6.07) is 15.5. The molecular formula is C24H23N3O2. The van der Waals surface area contributed by atoms with E-state index in [1.54, 1.807) is 12.3 Å². The van der Waals surface area contributed by atoms with Crippen molar-refractivity contribution in [1.29, 1.82) is 5.26 Å². The van der Waals surface area contributed by atoms with E-state index < -0.39 is 5.41 Å². The zero-order valence-corrected chi connectivity index (χ0v) is 16.6. The third-order valence-corrected chi connectivity index (χ3v) is 6.30. The van der Waals surface area contributed by atoms with E-state index in [1.165, 1.54) is 0 Å². The molecule has 1 saturated heterocycles. The number of nitriles is 1. The first kappa shape index (κ1) is 19.1. The fourth-order valence-corrected chi connectivity index (χ4v) is 4.88. The summed E-state index contributed by atoms with van der Waals surface area (Å²) in [5.41, 5.74) is 1.88. The number of Topliss-reactive ketones (excluding diaryl/α,β-unsaturated/α-hetero) is 1. The number of hydrogen-bond donors (Lipinski definition) is 0. The minimum Gasteiger partial charge on any atom is -0.337 e. The Morgan fingerprint density at radius 1 is 1.24 bits per heavy atom. The average Bonchev–Trinajstić information content (AvgIpc) is 2.73. The molecule has 3 atom stereocenters. The number of amides is 1. The van der Waals surface area contributed by atoms with Crippen LogP contribution < -0.4 is 0 Å². The number of benzene rings is 1. The predicted octanol–water partition coefficient (Wildman–Crippen LogP) is 3.35. The molecule has 0 N–H and O–H groups in total. The van der Waals surface area contributed by atoms with Crippen molar-refractivity contribution in [2.45, 2.75) is 32.2 Å². The molecule has 1 aliphatic carbocycles. The normalized spacial score (nSPS) is 26.5. The Labute approximate surface area is 170 Å². The van der Waals surface area contributed by atoms with Crippen LogP contribution in [0.1, 0.15) is 30.2 Å². The van der Waals surface area contributed by atoms with E-state index in [2.05, 4.69) is 4.98 Å². The van der Waals surface area contributed by atoms with Gasteiger partial charge in [0.1, 0.15) is 6.07 Å². The lowest BCUT2D eigenvalue weighted by Crippen LogP contribution is -2.59. The molecule has 2 aromatic rings. The molecule has 0 saturated carbocycles. The van der Waals surface area contributed by atoms with Gasteiger partial charge in [-0.05, 0) is 48.6 Å². The highest BCUT2D eigenvalue weighted by atomic mass is 16.2. The maximum Gasteiger partial charge on any atom is 0.237 e. The van der Waals surface area contributed by atoms with Gasteiger partial charge in [0, 0.05) is 30.9 Å². The zero-order valence-electron chi connectivity index (χ0n) is 16.6. The highest BCUT2D eigenvalue weighted by molar-refractivity contribution is 6.06. The second kappa shape index (κ2) is 7.29. The molecule has 0 spiro atoms. The van der Waals surface area contributed by atoms with Gasteiger partial charge < -0.3 is 4.90 Å². The van der Waals surface area contributed by atoms with Gasteiger partial charge >= 0.3 is 0 Å². The van der Waals surface area contributed by atoms with Crippen LogP contribution in [0.5, 0.6) is 0 Å². The van der Waals surface area contributed by atoms with Crippen molar-refractivity contribution in [3.63, 3.8) is 0 Å². The average molecular weight is 385 g/mol. The smallest absolute Gasteiger partial charge is 0.237 e. The summed E-state index contributed by atoms with van der Waals surface area (Å²) < 4.78 is 0. The van der Waals surface area contributed by atoms with Gasteiger partial charge in [0.25, 0.3) is 0 Å². The van der Waals surface area contributed by atoms with Gasteiger partial charge in [-0.3, -0.25) is 14.6 Å². The Morgan fingerprint density at radius 3 is 2.69 bits per heavy atom. The van der Waals surface area contributed by atoms with Crippen LogP contribution in [-0.4, -0.2) is 28.1 Å². The third kappa shape index (κ3) is 3.05. The van der Waals surface area contributed by atoms with Crippen molar-refractivity contribution in [2.75, 3.05) is 6.54 Å². The molecule has 4 rings (SSSR count). The quantitative estimate of drug-likeness (QED) is 0.812. The number of carbonyl (C=O) groups is 2. The lowest BCUT2D eigenvalue weighted by molar-refractivity contribution is -0.145. The van der Waals surface area contributed by atoms with Crippen LogP contribution in [0.4, 0.5) is 0 Å². The lowest BCUT2D eigenvalue weighted by atomic mass is 9.57. The van der Waals surface area contributed by atoms with E-state index in [9.17, 15) is 14.9 Å². The number of nitrogens with zero attached hydrogens (tertiary/aromatic N) is 3. The van der Waals surface area contributed by atoms with E-state index in [4.69, 9.17) is 0 Å². The van der Waals surface area contributed by atoms with E-state index >= 15 is 0 Å². The molecule has 1 fully saturated rings. The van der Waals surface area contributed by atoms with Crippen LogP contribution >= 0.6 is 0 Å². The number of pyridine rings is 1. The van der Waals surface area contributed by atoms with Crippen LogP contribution in [0.2, 0.25) is 0 Å². The molecule has 2 aliphatic rings. The molecule has 5 heteroatoms. The summed E-state index contributed by atoms with van der Waals surface area (Å²) in [5, 5.41) is 9.58. The lowest BCUT2D eigenvalue weighted by Gasteiger charge is -2.50. The fourth-order valence-electron chi connectivity index (χ4n) is 4.88. The summed E-state index contributed by atoms with van der Waals surface area (Å²) in [5.74, 6) is -0.724. The van der Waals surface area contributed by atoms with Gasteiger partial charge in [-0.1, -0.05) is 37.3 Å². The van der Waals surface area contributed by atoms with E-state index in [0.717, 1.165) is 16.8 Å². The molecule has 29 heavy (non-hydrogen) atoms. The van der Waals surface area contributed by atoms with Crippen molar-refractivity contribution in [3.8, 4) is 6.07 Å². The zero-order chi connectivity index (χ0) is 20.6. The number of carbonyl (C=O) groups excluding carboxylic acids is 2. The predicted molar refractivity (Wildman–Crippen MR) is 108 cm³/mol. The maximum atomic E-state index is 13.9. The monoisotopic (exact) mass is 385 g/mol. The Bertz CT molecular complexity index is 1040. The van der Waals surface area contributed by atoms with Crippen LogP contribution in [-0.2, 0) is 21.5 Å². The summed E-state index contributed by atoms with van der Waals surface area (Å²) in [4.78, 5) is 32.7. The number of piperidine rings is 1. The topological polar surface area (TPSA) is 74.1 Å². The summed E-state index contributed by atoms with van der Waals surface area (Å²) in [6.45, 7) is 4.86. The van der Waals surface area contributed by atoms with E-state index in [1.807, 2.05) is 67.3 Å². The third-order valence-electron chi connectivity index (χ3n) is 6.30. The number of hydrogen-bond acceptors (Lipinski definition) is 4. The Morgan fingerprint density at radius 2 is 2.00 bits per heavy atom. The second-order valence-electron chi connectivity index (χ2n) is 7.99. The van der Waals surface area contributed by atoms with Gasteiger partial charge in [-0.25, -0.2) is 0 Å². The highest BCUT2D eigenvalue weighted by Gasteiger charge is 2.56. The van der Waals surface area contributed by atoms with Gasteiger partial charge in [-0.15, -0.1) is 0 Å². The molecule has 1 aromatic heterocycles. The first-order valence-electron chi connectivity index (χ1n) is 9.91. The number of aromatic nitrogens is 1. The Balaban J connectivity index is 1.83. The van der Waals surface area contributed by atoms with Crippen LogP contribution in [0.15, 0.2) is 60.3 Å². The molecule has 2 heterocycles. The minimum absolute atomic E-state index is 0.0403. The van der Waals surface area contributed by atoms with Gasteiger partial charge in [0.15, 0.2) is 5.78 Å². The standard InChI is InChI=1S/C24H23N3O2/c1-16-12-18(8-10-26-16)15-27-11-9-21-17(2)22(28)19(14-25)13-24(21,23(27)29)20-6-4-3-5-7-20/h3-8,10,12-13,17,21H,9,11,15H2,1-2H3/t17-,21-,24+/m1/s1. The summed E-state index contributed by atoms with van der Waals surface area (Å²) >= 11 is 0. The molecule has 146 valence electrons. The molecular weight excluding hydrogens is 362 g/mol. The Hall–Kier alpha value is -3.26. The fraction of sp³-hybridized carbons (Fsp3) is 0.333. The highest BCUT2D eigenvalue weighted by Crippen LogP contribution is 2.49. The number of allylic oxidation sites excluding steroid dienone is 1. The molecule has 0 unspecified atom stereocenters. The van der Waals surface area contributed by atoms with E-state index in [-0.39, 0.29) is 29.1 Å². The molecule has 0 radical (unpaired) electrons. The van der Waals surface area contributed by atoms with Gasteiger partial charge in [-0.2, -0.15) is 5.26 Å². The van der Waals surface area contributed by atoms with Crippen molar-refractivity contribution >= 4 is 11.7 Å². The molecule has 0 bridgehead atoms. The van der Waals surface area contributed by atoms with Crippen LogP contribution in [0.3, 0.4) is 0 Å². The van der Waals surface area contributed by atoms with Gasteiger partial charge in [0.2, 0.25) is 5.91 Å². The number of aryl methyl sites for hydroxylation is 1. The summed E-state index contributed by atoms with van der Waals surface area (Å²) in [7, 11) is 0. The minimum atomic E-state index is -0.986. The number of fused-ring (bicyclic) bond motifs is 1. The first-order valence-corrected chi connectivity index (χ1v) is 9.91. The molecule has 1 amide bonds. The van der Waals surface area contributed by atoms with Crippen LogP contribution in [0.25, 0.3) is 0 Å². The molecule has 5 nitrogen and oxygen atoms in total. The maximum absolute atomic E-state index is 13.9. The summed E-state index contributed by atoms with van der Waals surface area (Å²) in [6.07, 6.45) is 4.11. The molecule has 1 aromatic carbocycles. The molecule has 1 aliphatic heterocycles. The van der Waals surface area contributed by atoms with E-state index in [0.29, 0.717) is 19.5 Å². The number of likely N-dealkylation sites (tertiary alicyclic amines) is 1. The Kier molecular flexibility index (Phi) is 4.79. The first-order chi connectivity index (χ1) is 14.0. The number of rotatable bonds is 3. The number of ketones is 1.